The number of halogens is 6. The molecule has 0 aromatic carbocycles. The smallest absolute Gasteiger partial charge is 0.434 e. The molecule has 3 nitrogen and oxygen atoms in total. The molecule has 9 heteroatoms. The second-order valence-electron chi connectivity index (χ2n) is 3.68. The van der Waals surface area contributed by atoms with E-state index >= 15 is 0 Å². The van der Waals surface area contributed by atoms with Gasteiger partial charge in [0.05, 0.1) is 17.2 Å². The summed E-state index contributed by atoms with van der Waals surface area (Å²) in [5.41, 5.74) is -4.34. The van der Waals surface area contributed by atoms with Crippen molar-refractivity contribution >= 4 is 17.6 Å². The summed E-state index contributed by atoms with van der Waals surface area (Å²) < 4.78 is 68.3. The molecule has 0 bridgehead atoms. The van der Waals surface area contributed by atoms with Gasteiger partial charge in [-0.25, -0.2) is 18.6 Å². The van der Waals surface area contributed by atoms with E-state index in [1.54, 1.807) is 0 Å². The molecule has 1 aromatic heterocycles. The molecule has 0 fully saturated rings. The molecule has 0 unspecified atom stereocenters. The molecule has 0 amide bonds. The van der Waals surface area contributed by atoms with Crippen LogP contribution in [0.25, 0.3) is 0 Å². The van der Waals surface area contributed by atoms with Crippen LogP contribution in [0.1, 0.15) is 40.7 Å². The molecule has 0 saturated carbocycles. The third-order valence-electron chi connectivity index (χ3n) is 2.35. The van der Waals surface area contributed by atoms with Gasteiger partial charge >= 0.3 is 12.1 Å². The van der Waals surface area contributed by atoms with Gasteiger partial charge in [-0.2, -0.15) is 13.2 Å². The van der Waals surface area contributed by atoms with Gasteiger partial charge in [0.25, 0.3) is 6.43 Å². The normalized spacial score (nSPS) is 11.8. The highest BCUT2D eigenvalue weighted by atomic mass is 35.5. The summed E-state index contributed by atoms with van der Waals surface area (Å²) in [7, 11) is 0. The first-order valence-electron chi connectivity index (χ1n) is 5.33. The zero-order valence-electron chi connectivity index (χ0n) is 10.3. The van der Waals surface area contributed by atoms with E-state index in [-0.39, 0.29) is 6.61 Å². The number of esters is 1. The van der Waals surface area contributed by atoms with Crippen LogP contribution < -0.4 is 0 Å². The molecule has 112 valence electrons. The van der Waals surface area contributed by atoms with Crippen molar-refractivity contribution in [3.8, 4) is 0 Å². The van der Waals surface area contributed by atoms with Crippen LogP contribution in [0, 0.1) is 6.92 Å². The Hall–Kier alpha value is -1.44. The molecule has 0 radical (unpaired) electrons. The highest BCUT2D eigenvalue weighted by Gasteiger charge is 2.41. The minimum atomic E-state index is -5.08. The van der Waals surface area contributed by atoms with Gasteiger partial charge in [-0.05, 0) is 19.4 Å². The summed E-state index contributed by atoms with van der Waals surface area (Å²) in [6, 6.07) is 0. The van der Waals surface area contributed by atoms with E-state index in [4.69, 9.17) is 11.6 Å². The summed E-state index contributed by atoms with van der Waals surface area (Å²) in [5, 5.41) is -0.684. The molecule has 1 aromatic rings. The average molecular weight is 318 g/mol. The number of aromatic nitrogens is 1. The topological polar surface area (TPSA) is 39.2 Å². The van der Waals surface area contributed by atoms with Crippen molar-refractivity contribution in [2.45, 2.75) is 26.4 Å². The molecular weight excluding hydrogens is 309 g/mol. The van der Waals surface area contributed by atoms with Gasteiger partial charge in [-0.15, -0.1) is 0 Å². The number of pyridine rings is 1. The highest BCUT2D eigenvalue weighted by molar-refractivity contribution is 6.32. The van der Waals surface area contributed by atoms with Gasteiger partial charge in [-0.3, -0.25) is 0 Å². The third-order valence-corrected chi connectivity index (χ3v) is 2.83. The number of carbonyl (C=O) groups is 1. The van der Waals surface area contributed by atoms with E-state index in [0.717, 1.165) is 6.92 Å². The van der Waals surface area contributed by atoms with Crippen LogP contribution in [0.15, 0.2) is 0 Å². The van der Waals surface area contributed by atoms with Gasteiger partial charge in [-0.1, -0.05) is 11.6 Å². The second kappa shape index (κ2) is 5.90. The lowest BCUT2D eigenvalue weighted by atomic mass is 10.1. The lowest BCUT2D eigenvalue weighted by Gasteiger charge is -2.16. The minimum absolute atomic E-state index is 0.177. The molecule has 1 rings (SSSR count). The van der Waals surface area contributed by atoms with Crippen molar-refractivity contribution in [2.75, 3.05) is 6.61 Å². The maximum Gasteiger partial charge on any atom is 0.434 e. The highest BCUT2D eigenvalue weighted by Crippen LogP contribution is 2.38. The Balaban J connectivity index is 3.64. The second-order valence-corrected chi connectivity index (χ2v) is 4.06. The predicted molar refractivity (Wildman–Crippen MR) is 59.9 cm³/mol. The fraction of sp³-hybridized carbons (Fsp3) is 0.455. The standard InChI is InChI=1S/C11H9ClF5NO2/c1-3-20-10(19)5-4(2)6(12)7(9(13)14)18-8(5)11(15,16)17/h9H,3H2,1-2H3. The Bertz CT molecular complexity index is 531. The summed E-state index contributed by atoms with van der Waals surface area (Å²) in [6.45, 7) is 2.24. The first-order valence-corrected chi connectivity index (χ1v) is 5.71. The molecule has 0 aliphatic rings. The van der Waals surface area contributed by atoms with E-state index in [1.807, 2.05) is 0 Å². The number of rotatable bonds is 3. The van der Waals surface area contributed by atoms with Crippen LogP contribution in [-0.2, 0) is 10.9 Å². The Morgan fingerprint density at radius 2 is 1.95 bits per heavy atom. The zero-order chi connectivity index (χ0) is 15.7. The fourth-order valence-corrected chi connectivity index (χ4v) is 1.73. The molecular formula is C11H9ClF5NO2. The van der Waals surface area contributed by atoms with Gasteiger partial charge < -0.3 is 4.74 Å². The third kappa shape index (κ3) is 3.17. The largest absolute Gasteiger partial charge is 0.462 e. The van der Waals surface area contributed by atoms with Crippen LogP contribution in [0.3, 0.4) is 0 Å². The number of carbonyl (C=O) groups excluding carboxylic acids is 1. The number of hydrogen-bond acceptors (Lipinski definition) is 3. The minimum Gasteiger partial charge on any atom is -0.462 e. The molecule has 0 aliphatic carbocycles. The Kier molecular flexibility index (Phi) is 4.90. The quantitative estimate of drug-likeness (QED) is 0.620. The summed E-state index contributed by atoms with van der Waals surface area (Å²) in [6.07, 6.45) is -8.38. The average Bonchev–Trinajstić information content (AvgIpc) is 2.30. The van der Waals surface area contributed by atoms with Crippen molar-refractivity contribution in [3.63, 3.8) is 0 Å². The van der Waals surface area contributed by atoms with E-state index < -0.39 is 46.1 Å². The fourth-order valence-electron chi connectivity index (χ4n) is 1.51. The summed E-state index contributed by atoms with van der Waals surface area (Å²) in [5.74, 6) is -1.31. The van der Waals surface area contributed by atoms with Crippen LogP contribution in [0.4, 0.5) is 22.0 Å². The lowest BCUT2D eigenvalue weighted by Crippen LogP contribution is -2.20. The maximum atomic E-state index is 12.8. The van der Waals surface area contributed by atoms with Crippen molar-refractivity contribution < 1.29 is 31.5 Å². The van der Waals surface area contributed by atoms with Gasteiger partial charge in [0, 0.05) is 0 Å². The maximum absolute atomic E-state index is 12.8. The van der Waals surface area contributed by atoms with E-state index in [0.29, 0.717) is 0 Å². The van der Waals surface area contributed by atoms with Crippen LogP contribution in [0.2, 0.25) is 5.02 Å². The summed E-state index contributed by atoms with van der Waals surface area (Å²) in [4.78, 5) is 14.4. The van der Waals surface area contributed by atoms with Crippen LogP contribution in [0.5, 0.6) is 0 Å². The predicted octanol–water partition coefficient (Wildman–Crippen LogP) is 4.18. The van der Waals surface area contributed by atoms with Crippen molar-refractivity contribution in [1.29, 1.82) is 0 Å². The van der Waals surface area contributed by atoms with Crippen molar-refractivity contribution in [3.05, 3.63) is 27.5 Å². The Labute approximate surface area is 115 Å². The van der Waals surface area contributed by atoms with Crippen molar-refractivity contribution in [1.82, 2.24) is 4.98 Å². The molecule has 0 spiro atoms. The molecule has 20 heavy (non-hydrogen) atoms. The molecule has 0 aliphatic heterocycles. The zero-order valence-corrected chi connectivity index (χ0v) is 11.1. The van der Waals surface area contributed by atoms with Crippen LogP contribution >= 0.6 is 11.6 Å². The first kappa shape index (κ1) is 16.6. The number of nitrogens with zero attached hydrogens (tertiary/aromatic N) is 1. The number of hydrogen-bond donors (Lipinski definition) is 0. The Morgan fingerprint density at radius 1 is 1.40 bits per heavy atom. The van der Waals surface area contributed by atoms with E-state index in [2.05, 4.69) is 9.72 Å². The molecule has 0 saturated heterocycles. The lowest BCUT2D eigenvalue weighted by molar-refractivity contribution is -0.142. The molecule has 0 atom stereocenters. The van der Waals surface area contributed by atoms with Gasteiger partial charge in [0.15, 0.2) is 5.69 Å². The molecule has 0 N–H and O–H groups in total. The van der Waals surface area contributed by atoms with Gasteiger partial charge in [0.1, 0.15) is 5.69 Å². The van der Waals surface area contributed by atoms with Crippen LogP contribution in [-0.4, -0.2) is 17.6 Å². The first-order chi connectivity index (χ1) is 9.11. The number of alkyl halides is 5. The number of ether oxygens (including phenoxy) is 1. The van der Waals surface area contributed by atoms with E-state index in [1.165, 1.54) is 6.92 Å². The Morgan fingerprint density at radius 3 is 2.35 bits per heavy atom. The van der Waals surface area contributed by atoms with Crippen molar-refractivity contribution in [2.24, 2.45) is 0 Å². The molecule has 1 heterocycles. The van der Waals surface area contributed by atoms with E-state index in [9.17, 15) is 26.7 Å². The summed E-state index contributed by atoms with van der Waals surface area (Å²) >= 11 is 5.54. The van der Waals surface area contributed by atoms with Gasteiger partial charge in [0.2, 0.25) is 0 Å². The SMILES string of the molecule is CCOC(=O)c1c(C(F)(F)F)nc(C(F)F)c(Cl)c1C. The monoisotopic (exact) mass is 317 g/mol.